The lowest BCUT2D eigenvalue weighted by atomic mass is 9.49. The second-order valence-electron chi connectivity index (χ2n) is 7.29. The van der Waals surface area contributed by atoms with Crippen LogP contribution in [0.2, 0.25) is 0 Å². The largest absolute Gasteiger partial charge is 0.395 e. The number of rotatable bonds is 5. The molecule has 0 spiro atoms. The Balaban J connectivity index is 1.67. The minimum absolute atomic E-state index is 0.0838. The molecule has 0 aliphatic heterocycles. The highest BCUT2D eigenvalue weighted by molar-refractivity contribution is 5.77. The molecule has 0 unspecified atom stereocenters. The van der Waals surface area contributed by atoms with Crippen LogP contribution in [0, 0.1) is 23.2 Å². The summed E-state index contributed by atoms with van der Waals surface area (Å²) in [5, 5.41) is 9.05. The molecule has 0 aromatic heterocycles. The number of carbonyl (C=O) groups excluding carboxylic acids is 1. The van der Waals surface area contributed by atoms with Crippen molar-refractivity contribution in [2.24, 2.45) is 23.2 Å². The maximum absolute atomic E-state index is 12.5. The van der Waals surface area contributed by atoms with E-state index in [4.69, 9.17) is 5.11 Å². The van der Waals surface area contributed by atoms with E-state index < -0.39 is 0 Å². The first-order valence-corrected chi connectivity index (χ1v) is 8.03. The summed E-state index contributed by atoms with van der Waals surface area (Å²) in [7, 11) is 0. The minimum atomic E-state index is 0.0838. The monoisotopic (exact) mass is 265 g/mol. The van der Waals surface area contributed by atoms with E-state index >= 15 is 0 Å². The van der Waals surface area contributed by atoms with E-state index in [1.165, 1.54) is 38.5 Å². The van der Waals surface area contributed by atoms with Crippen LogP contribution in [0.5, 0.6) is 0 Å². The molecule has 0 aromatic rings. The Morgan fingerprint density at radius 3 is 2.11 bits per heavy atom. The Labute approximate surface area is 116 Å². The van der Waals surface area contributed by atoms with Crippen LogP contribution in [0.25, 0.3) is 0 Å². The summed E-state index contributed by atoms with van der Waals surface area (Å²) >= 11 is 0. The number of amides is 1. The van der Waals surface area contributed by atoms with Crippen molar-refractivity contribution in [3.05, 3.63) is 0 Å². The number of hydrogen-bond acceptors (Lipinski definition) is 2. The zero-order chi connectivity index (χ0) is 13.5. The predicted molar refractivity (Wildman–Crippen MR) is 74.6 cm³/mol. The summed E-state index contributed by atoms with van der Waals surface area (Å²) in [5.41, 5.74) is 0.328. The molecule has 4 aliphatic carbocycles. The molecule has 0 aromatic carbocycles. The van der Waals surface area contributed by atoms with Crippen molar-refractivity contribution >= 4 is 5.91 Å². The summed E-state index contributed by atoms with van der Waals surface area (Å²) in [4.78, 5) is 14.3. The van der Waals surface area contributed by atoms with Gasteiger partial charge in [-0.2, -0.15) is 0 Å². The highest BCUT2D eigenvalue weighted by Gasteiger charge is 2.51. The molecule has 4 rings (SSSR count). The summed E-state index contributed by atoms with van der Waals surface area (Å²) in [6.07, 6.45) is 8.92. The molecule has 4 fully saturated rings. The third-order valence-corrected chi connectivity index (χ3v) is 5.80. The lowest BCUT2D eigenvalue weighted by molar-refractivity contribution is -0.139. The van der Waals surface area contributed by atoms with Crippen molar-refractivity contribution in [2.75, 3.05) is 19.7 Å². The molecule has 108 valence electrons. The Kier molecular flexibility index (Phi) is 3.59. The molecule has 4 aliphatic rings. The maximum atomic E-state index is 12.5. The van der Waals surface area contributed by atoms with Gasteiger partial charge in [0.05, 0.1) is 6.61 Å². The van der Waals surface area contributed by atoms with Gasteiger partial charge < -0.3 is 10.0 Å². The van der Waals surface area contributed by atoms with Gasteiger partial charge in [-0.05, 0) is 68.6 Å². The first kappa shape index (κ1) is 13.4. The molecule has 0 heterocycles. The van der Waals surface area contributed by atoms with Gasteiger partial charge in [-0.3, -0.25) is 4.79 Å². The van der Waals surface area contributed by atoms with E-state index in [2.05, 4.69) is 0 Å². The fourth-order valence-corrected chi connectivity index (χ4v) is 5.52. The van der Waals surface area contributed by atoms with Crippen LogP contribution >= 0.6 is 0 Å². The highest BCUT2D eigenvalue weighted by Crippen LogP contribution is 2.61. The average Bonchev–Trinajstić information content (AvgIpc) is 2.33. The summed E-state index contributed by atoms with van der Waals surface area (Å²) < 4.78 is 0. The van der Waals surface area contributed by atoms with E-state index in [0.29, 0.717) is 12.0 Å². The lowest BCUT2D eigenvalue weighted by Crippen LogP contribution is -2.48. The zero-order valence-electron chi connectivity index (χ0n) is 12.1. The van der Waals surface area contributed by atoms with Crippen molar-refractivity contribution in [1.82, 2.24) is 4.90 Å². The van der Waals surface area contributed by atoms with Gasteiger partial charge in [0.1, 0.15) is 0 Å². The zero-order valence-corrected chi connectivity index (χ0v) is 12.1. The van der Waals surface area contributed by atoms with E-state index in [-0.39, 0.29) is 12.5 Å². The van der Waals surface area contributed by atoms with Gasteiger partial charge in [0.2, 0.25) is 5.91 Å². The van der Waals surface area contributed by atoms with Crippen LogP contribution in [0.15, 0.2) is 0 Å². The molecule has 1 N–H and O–H groups in total. The van der Waals surface area contributed by atoms with E-state index in [0.717, 1.165) is 30.7 Å². The molecule has 0 atom stereocenters. The summed E-state index contributed by atoms with van der Waals surface area (Å²) in [6.45, 7) is 3.32. The van der Waals surface area contributed by atoms with Gasteiger partial charge in [0.15, 0.2) is 0 Å². The molecule has 1 amide bonds. The average molecular weight is 265 g/mol. The van der Waals surface area contributed by atoms with Gasteiger partial charge in [-0.1, -0.05) is 0 Å². The molecule has 19 heavy (non-hydrogen) atoms. The quantitative estimate of drug-likeness (QED) is 0.829. The molecule has 3 nitrogen and oxygen atoms in total. The number of aliphatic hydroxyl groups excluding tert-OH is 1. The maximum Gasteiger partial charge on any atom is 0.223 e. The standard InChI is InChI=1S/C16H27NO2/c1-2-17(3-4-18)15(19)11-16-8-12-5-13(9-16)7-14(6-12)10-16/h12-14,18H,2-11H2,1H3. The Hall–Kier alpha value is -0.570. The Bertz CT molecular complexity index is 317. The number of nitrogens with zero attached hydrogens (tertiary/aromatic N) is 1. The number of likely N-dealkylation sites (N-methyl/N-ethyl adjacent to an activating group) is 1. The summed E-state index contributed by atoms with van der Waals surface area (Å²) in [6, 6.07) is 0. The molecule has 4 saturated carbocycles. The van der Waals surface area contributed by atoms with Crippen LogP contribution < -0.4 is 0 Å². The first-order chi connectivity index (χ1) is 9.14. The number of aliphatic hydroxyl groups is 1. The van der Waals surface area contributed by atoms with Crippen molar-refractivity contribution < 1.29 is 9.90 Å². The molecule has 0 saturated heterocycles. The lowest BCUT2D eigenvalue weighted by Gasteiger charge is -2.57. The van der Waals surface area contributed by atoms with Gasteiger partial charge >= 0.3 is 0 Å². The minimum Gasteiger partial charge on any atom is -0.395 e. The van der Waals surface area contributed by atoms with Crippen molar-refractivity contribution in [3.63, 3.8) is 0 Å². The van der Waals surface area contributed by atoms with Crippen LogP contribution in [-0.2, 0) is 4.79 Å². The van der Waals surface area contributed by atoms with Crippen molar-refractivity contribution in [2.45, 2.75) is 51.9 Å². The third-order valence-electron chi connectivity index (χ3n) is 5.80. The van der Waals surface area contributed by atoms with Gasteiger partial charge in [0.25, 0.3) is 0 Å². The molecule has 0 radical (unpaired) electrons. The van der Waals surface area contributed by atoms with Gasteiger partial charge in [0, 0.05) is 19.5 Å². The molecule has 3 heteroatoms. The van der Waals surface area contributed by atoms with Crippen LogP contribution in [0.3, 0.4) is 0 Å². The Morgan fingerprint density at radius 2 is 1.68 bits per heavy atom. The second kappa shape index (κ2) is 5.08. The number of hydrogen-bond donors (Lipinski definition) is 1. The van der Waals surface area contributed by atoms with E-state index in [1.54, 1.807) is 0 Å². The topological polar surface area (TPSA) is 40.5 Å². The van der Waals surface area contributed by atoms with Crippen LogP contribution in [0.4, 0.5) is 0 Å². The van der Waals surface area contributed by atoms with Gasteiger partial charge in [-0.15, -0.1) is 0 Å². The van der Waals surface area contributed by atoms with Gasteiger partial charge in [-0.25, -0.2) is 0 Å². The van der Waals surface area contributed by atoms with Crippen LogP contribution in [0.1, 0.15) is 51.9 Å². The molecule has 4 bridgehead atoms. The Morgan fingerprint density at radius 1 is 1.16 bits per heavy atom. The van der Waals surface area contributed by atoms with E-state index in [9.17, 15) is 4.79 Å². The second-order valence-corrected chi connectivity index (χ2v) is 7.29. The fourth-order valence-electron chi connectivity index (χ4n) is 5.52. The normalized spacial score (nSPS) is 39.6. The molecular formula is C16H27NO2. The van der Waals surface area contributed by atoms with Crippen LogP contribution in [-0.4, -0.2) is 35.6 Å². The summed E-state index contributed by atoms with van der Waals surface area (Å²) in [5.74, 6) is 3.00. The first-order valence-electron chi connectivity index (χ1n) is 8.03. The van der Waals surface area contributed by atoms with E-state index in [1.807, 2.05) is 11.8 Å². The third kappa shape index (κ3) is 2.54. The van der Waals surface area contributed by atoms with Crippen molar-refractivity contribution in [1.29, 1.82) is 0 Å². The van der Waals surface area contributed by atoms with Crippen molar-refractivity contribution in [3.8, 4) is 0 Å². The highest BCUT2D eigenvalue weighted by atomic mass is 16.3. The predicted octanol–water partition coefficient (Wildman–Crippen LogP) is 2.43. The SMILES string of the molecule is CCN(CCO)C(=O)CC12CC3CC(CC(C3)C1)C2. The fraction of sp³-hybridized carbons (Fsp3) is 0.938. The molecular weight excluding hydrogens is 238 g/mol. The smallest absolute Gasteiger partial charge is 0.223 e. The number of carbonyl (C=O) groups is 1.